The van der Waals surface area contributed by atoms with Gasteiger partial charge in [0.2, 0.25) is 5.91 Å². The summed E-state index contributed by atoms with van der Waals surface area (Å²) in [7, 11) is 0. The lowest BCUT2D eigenvalue weighted by atomic mass is 10.0. The summed E-state index contributed by atoms with van der Waals surface area (Å²) in [6.07, 6.45) is 2.95. The van der Waals surface area contributed by atoms with Crippen molar-refractivity contribution in [3.8, 4) is 0 Å². The van der Waals surface area contributed by atoms with Crippen molar-refractivity contribution >= 4 is 21.8 Å². The molecule has 1 amide bonds. The van der Waals surface area contributed by atoms with Gasteiger partial charge in [0, 0.05) is 17.1 Å². The molecular weight excluding hydrogens is 316 g/mol. The number of amides is 1. The van der Waals surface area contributed by atoms with Crippen molar-refractivity contribution in [3.63, 3.8) is 0 Å². The number of carbonyl (C=O) groups excluding carboxylic acids is 1. The molecule has 1 aromatic rings. The predicted octanol–water partition coefficient (Wildman–Crippen LogP) is 3.31. The van der Waals surface area contributed by atoms with E-state index in [1.54, 1.807) is 0 Å². The highest BCUT2D eigenvalue weighted by atomic mass is 79.9. The van der Waals surface area contributed by atoms with Crippen molar-refractivity contribution in [2.24, 2.45) is 11.7 Å². The number of hydrogen-bond donors (Lipinski definition) is 1. The normalized spacial score (nSPS) is 16.2. The first-order valence-electron chi connectivity index (χ1n) is 7.28. The fourth-order valence-electron chi connectivity index (χ4n) is 2.40. The van der Waals surface area contributed by atoms with Crippen LogP contribution < -0.4 is 5.73 Å². The van der Waals surface area contributed by atoms with E-state index in [9.17, 15) is 4.79 Å². The molecule has 0 aliphatic heterocycles. The Morgan fingerprint density at radius 3 is 2.60 bits per heavy atom. The molecule has 4 heteroatoms. The van der Waals surface area contributed by atoms with Gasteiger partial charge in [0.25, 0.3) is 0 Å². The van der Waals surface area contributed by atoms with Gasteiger partial charge in [-0.15, -0.1) is 0 Å². The minimum absolute atomic E-state index is 0.0944. The van der Waals surface area contributed by atoms with Crippen LogP contribution in [0, 0.1) is 5.92 Å². The van der Waals surface area contributed by atoms with Gasteiger partial charge in [-0.05, 0) is 36.8 Å². The van der Waals surface area contributed by atoms with E-state index in [1.807, 2.05) is 23.1 Å². The molecule has 0 saturated heterocycles. The number of nitrogens with zero attached hydrogens (tertiary/aromatic N) is 1. The van der Waals surface area contributed by atoms with Crippen LogP contribution in [-0.4, -0.2) is 22.9 Å². The number of rotatable bonds is 6. The van der Waals surface area contributed by atoms with Gasteiger partial charge < -0.3 is 10.6 Å². The van der Waals surface area contributed by atoms with Gasteiger partial charge in [-0.1, -0.05) is 48.0 Å². The minimum atomic E-state index is -0.377. The summed E-state index contributed by atoms with van der Waals surface area (Å²) in [5.74, 6) is 0.537. The van der Waals surface area contributed by atoms with Crippen molar-refractivity contribution in [2.45, 2.75) is 51.7 Å². The molecule has 0 spiro atoms. The quantitative estimate of drug-likeness (QED) is 0.864. The third-order valence-electron chi connectivity index (χ3n) is 3.61. The van der Waals surface area contributed by atoms with Crippen LogP contribution >= 0.6 is 15.9 Å². The molecule has 1 aliphatic carbocycles. The summed E-state index contributed by atoms with van der Waals surface area (Å²) in [6, 6.07) is 8.07. The molecule has 0 bridgehead atoms. The fraction of sp³-hybridized carbons (Fsp3) is 0.562. The Bertz CT molecular complexity index is 471. The minimum Gasteiger partial charge on any atom is -0.334 e. The molecule has 1 atom stereocenters. The van der Waals surface area contributed by atoms with Crippen molar-refractivity contribution < 1.29 is 4.79 Å². The van der Waals surface area contributed by atoms with Crippen LogP contribution in [-0.2, 0) is 11.3 Å². The van der Waals surface area contributed by atoms with E-state index in [0.717, 1.165) is 29.3 Å². The monoisotopic (exact) mass is 338 g/mol. The van der Waals surface area contributed by atoms with E-state index in [-0.39, 0.29) is 11.9 Å². The Labute approximate surface area is 129 Å². The van der Waals surface area contributed by atoms with Crippen LogP contribution in [0.3, 0.4) is 0 Å². The topological polar surface area (TPSA) is 46.3 Å². The molecule has 0 radical (unpaired) electrons. The Morgan fingerprint density at radius 1 is 1.40 bits per heavy atom. The standard InChI is InChI=1S/C16H23BrN2O/c1-11(2)9-15(18)16(20)19(13-7-8-13)10-12-5-3-4-6-14(12)17/h3-6,11,13,15H,7-10,18H2,1-2H3/t15-/m1/s1. The summed E-state index contributed by atoms with van der Waals surface area (Å²) in [6.45, 7) is 4.85. The van der Waals surface area contributed by atoms with Crippen molar-refractivity contribution in [1.82, 2.24) is 4.90 Å². The third kappa shape index (κ3) is 4.06. The molecule has 1 aliphatic rings. The van der Waals surface area contributed by atoms with Crippen molar-refractivity contribution in [3.05, 3.63) is 34.3 Å². The van der Waals surface area contributed by atoms with Crippen LogP contribution in [0.1, 0.15) is 38.7 Å². The van der Waals surface area contributed by atoms with Gasteiger partial charge in [0.05, 0.1) is 6.04 Å². The highest BCUT2D eigenvalue weighted by Gasteiger charge is 2.35. The van der Waals surface area contributed by atoms with E-state index in [2.05, 4.69) is 35.8 Å². The highest BCUT2D eigenvalue weighted by Crippen LogP contribution is 2.30. The molecule has 1 fully saturated rings. The lowest BCUT2D eigenvalue weighted by molar-refractivity contribution is -0.134. The molecule has 0 aromatic heterocycles. The lowest BCUT2D eigenvalue weighted by Crippen LogP contribution is -2.45. The van der Waals surface area contributed by atoms with Gasteiger partial charge in [0.1, 0.15) is 0 Å². The second kappa shape index (κ2) is 6.72. The van der Waals surface area contributed by atoms with Crippen LogP contribution in [0.4, 0.5) is 0 Å². The van der Waals surface area contributed by atoms with Gasteiger partial charge in [-0.25, -0.2) is 0 Å². The predicted molar refractivity (Wildman–Crippen MR) is 85.1 cm³/mol. The second-order valence-corrected chi connectivity index (χ2v) is 6.88. The summed E-state index contributed by atoms with van der Waals surface area (Å²) in [5.41, 5.74) is 7.22. The van der Waals surface area contributed by atoms with E-state index in [1.165, 1.54) is 0 Å². The van der Waals surface area contributed by atoms with Gasteiger partial charge in [0.15, 0.2) is 0 Å². The van der Waals surface area contributed by atoms with Gasteiger partial charge in [-0.2, -0.15) is 0 Å². The van der Waals surface area contributed by atoms with E-state index in [0.29, 0.717) is 18.5 Å². The number of hydrogen-bond acceptors (Lipinski definition) is 2. The first-order chi connectivity index (χ1) is 9.49. The zero-order valence-corrected chi connectivity index (χ0v) is 13.8. The number of nitrogens with two attached hydrogens (primary N) is 1. The molecule has 110 valence electrons. The second-order valence-electron chi connectivity index (χ2n) is 6.02. The lowest BCUT2D eigenvalue weighted by Gasteiger charge is -2.27. The Hall–Kier alpha value is -0.870. The van der Waals surface area contributed by atoms with Crippen molar-refractivity contribution in [2.75, 3.05) is 0 Å². The number of benzene rings is 1. The molecule has 1 aromatic carbocycles. The molecule has 0 unspecified atom stereocenters. The summed E-state index contributed by atoms with van der Waals surface area (Å²) in [4.78, 5) is 14.5. The summed E-state index contributed by atoms with van der Waals surface area (Å²) in [5, 5.41) is 0. The Morgan fingerprint density at radius 2 is 2.05 bits per heavy atom. The van der Waals surface area contributed by atoms with Crippen LogP contribution in [0.25, 0.3) is 0 Å². The Kier molecular flexibility index (Phi) is 5.22. The van der Waals surface area contributed by atoms with E-state index >= 15 is 0 Å². The molecular formula is C16H23BrN2O. The van der Waals surface area contributed by atoms with Crippen LogP contribution in [0.15, 0.2) is 28.7 Å². The maximum absolute atomic E-state index is 12.6. The summed E-state index contributed by atoms with van der Waals surface area (Å²) < 4.78 is 1.05. The number of halogens is 1. The molecule has 2 N–H and O–H groups in total. The first-order valence-corrected chi connectivity index (χ1v) is 8.07. The van der Waals surface area contributed by atoms with Gasteiger partial charge in [-0.3, -0.25) is 4.79 Å². The average molecular weight is 339 g/mol. The molecule has 1 saturated carbocycles. The first kappa shape index (κ1) is 15.5. The SMILES string of the molecule is CC(C)C[C@@H](N)C(=O)N(Cc1ccccc1Br)C1CC1. The zero-order chi connectivity index (χ0) is 14.7. The largest absolute Gasteiger partial charge is 0.334 e. The highest BCUT2D eigenvalue weighted by molar-refractivity contribution is 9.10. The van der Waals surface area contributed by atoms with Crippen LogP contribution in [0.5, 0.6) is 0 Å². The van der Waals surface area contributed by atoms with E-state index < -0.39 is 0 Å². The maximum atomic E-state index is 12.6. The fourth-order valence-corrected chi connectivity index (χ4v) is 2.82. The number of carbonyl (C=O) groups is 1. The molecule has 20 heavy (non-hydrogen) atoms. The Balaban J connectivity index is 2.08. The third-order valence-corrected chi connectivity index (χ3v) is 4.39. The van der Waals surface area contributed by atoms with Gasteiger partial charge >= 0.3 is 0 Å². The molecule has 2 rings (SSSR count). The average Bonchev–Trinajstić information content (AvgIpc) is 3.20. The van der Waals surface area contributed by atoms with E-state index in [4.69, 9.17) is 5.73 Å². The molecule has 0 heterocycles. The van der Waals surface area contributed by atoms with Crippen LogP contribution in [0.2, 0.25) is 0 Å². The smallest absolute Gasteiger partial charge is 0.240 e. The van der Waals surface area contributed by atoms with Crippen molar-refractivity contribution in [1.29, 1.82) is 0 Å². The maximum Gasteiger partial charge on any atom is 0.240 e. The summed E-state index contributed by atoms with van der Waals surface area (Å²) >= 11 is 3.55. The molecule has 3 nitrogen and oxygen atoms in total. The zero-order valence-electron chi connectivity index (χ0n) is 12.2.